The van der Waals surface area contributed by atoms with Crippen LogP contribution in [0.4, 0.5) is 5.69 Å². The van der Waals surface area contributed by atoms with Crippen LogP contribution in [0.3, 0.4) is 0 Å². The number of amides is 1. The molecule has 1 N–H and O–H groups in total. The van der Waals surface area contributed by atoms with E-state index in [1.54, 1.807) is 6.07 Å². The van der Waals surface area contributed by atoms with Gasteiger partial charge in [-0.15, -0.1) is 0 Å². The molecule has 0 bridgehead atoms. The molecule has 0 fully saturated rings. The predicted octanol–water partition coefficient (Wildman–Crippen LogP) is 2.92. The van der Waals surface area contributed by atoms with E-state index >= 15 is 0 Å². The molecule has 0 aliphatic carbocycles. The average Bonchev–Trinajstić information content (AvgIpc) is 2.43. The molecule has 0 saturated heterocycles. The van der Waals surface area contributed by atoms with Crippen molar-refractivity contribution in [2.24, 2.45) is 0 Å². The van der Waals surface area contributed by atoms with Crippen LogP contribution in [0.25, 0.3) is 0 Å². The highest BCUT2D eigenvalue weighted by Gasteiger charge is 2.07. The fourth-order valence-corrected chi connectivity index (χ4v) is 2.12. The second-order valence-corrected chi connectivity index (χ2v) is 5.42. The van der Waals surface area contributed by atoms with E-state index in [0.29, 0.717) is 5.92 Å². The Labute approximate surface area is 124 Å². The number of anilines is 1. The highest BCUT2D eigenvalue weighted by atomic mass is 16.2. The highest BCUT2D eigenvalue weighted by Crippen LogP contribution is 2.17. The zero-order chi connectivity index (χ0) is 15.4. The summed E-state index contributed by atoms with van der Waals surface area (Å²) in [5.74, 6) is 0.254. The van der Waals surface area contributed by atoms with Gasteiger partial charge in [-0.1, -0.05) is 32.0 Å². The van der Waals surface area contributed by atoms with Gasteiger partial charge in [0.25, 0.3) is 5.56 Å². The highest BCUT2D eigenvalue weighted by molar-refractivity contribution is 5.90. The van der Waals surface area contributed by atoms with Gasteiger partial charge in [0.1, 0.15) is 6.54 Å². The van der Waals surface area contributed by atoms with Gasteiger partial charge in [-0.2, -0.15) is 0 Å². The summed E-state index contributed by atoms with van der Waals surface area (Å²) < 4.78 is 1.46. The van der Waals surface area contributed by atoms with Gasteiger partial charge >= 0.3 is 0 Å². The molecule has 0 unspecified atom stereocenters. The molecule has 4 heteroatoms. The summed E-state index contributed by atoms with van der Waals surface area (Å²) in [5, 5.41) is 2.81. The van der Waals surface area contributed by atoms with E-state index in [1.165, 1.54) is 16.2 Å². The number of nitrogens with one attached hydrogen (secondary N) is 1. The van der Waals surface area contributed by atoms with Gasteiger partial charge in [0.15, 0.2) is 0 Å². The summed E-state index contributed by atoms with van der Waals surface area (Å²) >= 11 is 0. The average molecular weight is 284 g/mol. The maximum Gasteiger partial charge on any atom is 0.251 e. The molecule has 0 aliphatic rings. The molecule has 1 aromatic heterocycles. The maximum absolute atomic E-state index is 12.0. The van der Waals surface area contributed by atoms with Gasteiger partial charge in [0, 0.05) is 17.4 Å². The standard InChI is InChI=1S/C17H20N2O2/c1-12(2)14-7-9-15(10-8-14)18-16(20)11-19-13(3)5-4-6-17(19)21/h4-10,12H,11H2,1-3H3,(H,18,20). The Morgan fingerprint density at radius 2 is 1.81 bits per heavy atom. The van der Waals surface area contributed by atoms with Crippen molar-refractivity contribution in [3.63, 3.8) is 0 Å². The predicted molar refractivity (Wildman–Crippen MR) is 84.6 cm³/mol. The lowest BCUT2D eigenvalue weighted by atomic mass is 10.0. The Hall–Kier alpha value is -2.36. The summed E-state index contributed by atoms with van der Waals surface area (Å²) in [7, 11) is 0. The molecule has 1 heterocycles. The van der Waals surface area contributed by atoms with Crippen LogP contribution < -0.4 is 10.9 Å². The van der Waals surface area contributed by atoms with Crippen molar-refractivity contribution in [2.45, 2.75) is 33.2 Å². The second-order valence-electron chi connectivity index (χ2n) is 5.42. The van der Waals surface area contributed by atoms with Gasteiger partial charge in [-0.25, -0.2) is 0 Å². The molecule has 0 saturated carbocycles. The lowest BCUT2D eigenvalue weighted by Gasteiger charge is -2.11. The minimum atomic E-state index is -0.205. The minimum absolute atomic E-state index is 0.0252. The number of carbonyl (C=O) groups is 1. The number of nitrogens with zero attached hydrogens (tertiary/aromatic N) is 1. The van der Waals surface area contributed by atoms with Crippen LogP contribution in [-0.2, 0) is 11.3 Å². The number of hydrogen-bond donors (Lipinski definition) is 1. The molecular formula is C17H20N2O2. The smallest absolute Gasteiger partial charge is 0.251 e. The molecule has 0 spiro atoms. The van der Waals surface area contributed by atoms with Crippen molar-refractivity contribution >= 4 is 11.6 Å². The number of benzene rings is 1. The fraction of sp³-hybridized carbons (Fsp3) is 0.294. The van der Waals surface area contributed by atoms with E-state index in [0.717, 1.165) is 11.4 Å². The lowest BCUT2D eigenvalue weighted by Crippen LogP contribution is -2.28. The molecule has 21 heavy (non-hydrogen) atoms. The summed E-state index contributed by atoms with van der Waals surface area (Å²) in [6.07, 6.45) is 0. The lowest BCUT2D eigenvalue weighted by molar-refractivity contribution is -0.116. The summed E-state index contributed by atoms with van der Waals surface area (Å²) in [5.41, 5.74) is 2.57. The Morgan fingerprint density at radius 3 is 2.38 bits per heavy atom. The molecule has 0 radical (unpaired) electrons. The SMILES string of the molecule is Cc1cccc(=O)n1CC(=O)Nc1ccc(C(C)C)cc1. The van der Waals surface area contributed by atoms with Gasteiger partial charge < -0.3 is 9.88 Å². The van der Waals surface area contributed by atoms with Crippen LogP contribution in [0.1, 0.15) is 31.0 Å². The van der Waals surface area contributed by atoms with Crippen molar-refractivity contribution in [1.82, 2.24) is 4.57 Å². The van der Waals surface area contributed by atoms with E-state index < -0.39 is 0 Å². The fourth-order valence-electron chi connectivity index (χ4n) is 2.12. The van der Waals surface area contributed by atoms with E-state index in [2.05, 4.69) is 19.2 Å². The van der Waals surface area contributed by atoms with Crippen molar-refractivity contribution in [3.05, 3.63) is 64.1 Å². The monoisotopic (exact) mass is 284 g/mol. The first-order valence-electron chi connectivity index (χ1n) is 7.03. The first-order chi connectivity index (χ1) is 9.97. The largest absolute Gasteiger partial charge is 0.325 e. The first-order valence-corrected chi connectivity index (χ1v) is 7.03. The molecule has 1 aromatic carbocycles. The van der Waals surface area contributed by atoms with Crippen LogP contribution >= 0.6 is 0 Å². The molecule has 110 valence electrons. The van der Waals surface area contributed by atoms with Crippen molar-refractivity contribution in [1.29, 1.82) is 0 Å². The summed E-state index contributed by atoms with van der Waals surface area (Å²) in [6, 6.07) is 12.7. The van der Waals surface area contributed by atoms with Crippen LogP contribution in [0.2, 0.25) is 0 Å². The number of rotatable bonds is 4. The maximum atomic E-state index is 12.0. The van der Waals surface area contributed by atoms with Crippen LogP contribution in [0, 0.1) is 6.92 Å². The van der Waals surface area contributed by atoms with Crippen molar-refractivity contribution < 1.29 is 4.79 Å². The topological polar surface area (TPSA) is 51.1 Å². The number of aromatic nitrogens is 1. The third kappa shape index (κ3) is 3.81. The van der Waals surface area contributed by atoms with Crippen LogP contribution in [0.15, 0.2) is 47.3 Å². The molecule has 0 aliphatic heterocycles. The first kappa shape index (κ1) is 15.0. The van der Waals surface area contributed by atoms with Gasteiger partial charge in [0.05, 0.1) is 0 Å². The molecule has 2 rings (SSSR count). The normalized spacial score (nSPS) is 10.7. The van der Waals surface area contributed by atoms with E-state index in [4.69, 9.17) is 0 Å². The molecular weight excluding hydrogens is 264 g/mol. The minimum Gasteiger partial charge on any atom is -0.325 e. The van der Waals surface area contributed by atoms with E-state index in [9.17, 15) is 9.59 Å². The molecule has 2 aromatic rings. The summed E-state index contributed by atoms with van der Waals surface area (Å²) in [6.45, 7) is 6.08. The summed E-state index contributed by atoms with van der Waals surface area (Å²) in [4.78, 5) is 23.8. The number of carbonyl (C=O) groups excluding carboxylic acids is 1. The van der Waals surface area contributed by atoms with Gasteiger partial charge in [-0.05, 0) is 36.6 Å². The van der Waals surface area contributed by atoms with Gasteiger partial charge in [-0.3, -0.25) is 9.59 Å². The quantitative estimate of drug-likeness (QED) is 0.938. The van der Waals surface area contributed by atoms with E-state index in [-0.39, 0.29) is 18.0 Å². The third-order valence-electron chi connectivity index (χ3n) is 3.43. The zero-order valence-electron chi connectivity index (χ0n) is 12.6. The Balaban J connectivity index is 2.07. The zero-order valence-corrected chi connectivity index (χ0v) is 12.6. The number of hydrogen-bond acceptors (Lipinski definition) is 2. The second kappa shape index (κ2) is 6.39. The third-order valence-corrected chi connectivity index (χ3v) is 3.43. The number of aryl methyl sites for hydroxylation is 1. The van der Waals surface area contributed by atoms with E-state index in [1.807, 2.05) is 37.3 Å². The van der Waals surface area contributed by atoms with Gasteiger partial charge in [0.2, 0.25) is 5.91 Å². The Kier molecular flexibility index (Phi) is 4.58. The van der Waals surface area contributed by atoms with Crippen LogP contribution in [0.5, 0.6) is 0 Å². The molecule has 1 amide bonds. The van der Waals surface area contributed by atoms with Crippen LogP contribution in [-0.4, -0.2) is 10.5 Å². The number of pyridine rings is 1. The molecule has 4 nitrogen and oxygen atoms in total. The Morgan fingerprint density at radius 1 is 1.14 bits per heavy atom. The Bertz CT molecular complexity index is 685. The van der Waals surface area contributed by atoms with Crippen molar-refractivity contribution in [3.8, 4) is 0 Å². The van der Waals surface area contributed by atoms with Crippen molar-refractivity contribution in [2.75, 3.05) is 5.32 Å². The molecule has 0 atom stereocenters.